The third-order valence-corrected chi connectivity index (χ3v) is 3.88. The number of nitrogens with zero attached hydrogens (tertiary/aromatic N) is 1. The standard InChI is InChI=1S/C13H14N4O2S/c1-7-2-4-8(5-3-7)16-12(19)9-6-10(18)17-13(20-9)11(14)15/h2-5,9H,6H2,1H3,(H3,14,15)(H,16,19)/t9-/m1/s1. The third-order valence-electron chi connectivity index (χ3n) is 2.68. The van der Waals surface area contributed by atoms with Crippen LogP contribution in [0.3, 0.4) is 0 Å². The molecule has 0 saturated heterocycles. The quantitative estimate of drug-likeness (QED) is 0.576. The highest BCUT2D eigenvalue weighted by molar-refractivity contribution is 8.16. The molecule has 0 spiro atoms. The zero-order chi connectivity index (χ0) is 14.7. The lowest BCUT2D eigenvalue weighted by atomic mass is 10.2. The van der Waals surface area contributed by atoms with Gasteiger partial charge in [0.2, 0.25) is 11.8 Å². The van der Waals surface area contributed by atoms with E-state index in [2.05, 4.69) is 10.3 Å². The van der Waals surface area contributed by atoms with Crippen LogP contribution < -0.4 is 11.1 Å². The average molecular weight is 290 g/mol. The molecule has 0 bridgehead atoms. The van der Waals surface area contributed by atoms with E-state index in [0.717, 1.165) is 17.3 Å². The zero-order valence-electron chi connectivity index (χ0n) is 10.8. The van der Waals surface area contributed by atoms with Crippen LogP contribution >= 0.6 is 11.8 Å². The van der Waals surface area contributed by atoms with Gasteiger partial charge in [-0.15, -0.1) is 0 Å². The van der Waals surface area contributed by atoms with Crippen molar-refractivity contribution >= 4 is 40.1 Å². The smallest absolute Gasteiger partial charge is 0.248 e. The van der Waals surface area contributed by atoms with Gasteiger partial charge in [0.25, 0.3) is 0 Å². The number of carbonyl (C=O) groups is 2. The number of benzene rings is 1. The van der Waals surface area contributed by atoms with Gasteiger partial charge in [0.1, 0.15) is 10.9 Å². The molecule has 0 radical (unpaired) electrons. The number of hydrogen-bond donors (Lipinski definition) is 3. The summed E-state index contributed by atoms with van der Waals surface area (Å²) in [5, 5.41) is 9.53. The summed E-state index contributed by atoms with van der Waals surface area (Å²) >= 11 is 1.04. The number of hydrogen-bond acceptors (Lipinski definition) is 4. The maximum Gasteiger partial charge on any atom is 0.248 e. The Bertz CT molecular complexity index is 595. The van der Waals surface area contributed by atoms with Crippen molar-refractivity contribution in [3.8, 4) is 0 Å². The van der Waals surface area contributed by atoms with Gasteiger partial charge in [-0.3, -0.25) is 15.0 Å². The SMILES string of the molecule is Cc1ccc(NC(=O)[C@H]2CC(=O)N=C(C(=N)N)S2)cc1. The van der Waals surface area contributed by atoms with E-state index in [-0.39, 0.29) is 23.2 Å². The molecule has 0 aliphatic carbocycles. The topological polar surface area (TPSA) is 108 Å². The van der Waals surface area contributed by atoms with E-state index in [1.165, 1.54) is 0 Å². The van der Waals surface area contributed by atoms with Crippen molar-refractivity contribution in [2.45, 2.75) is 18.6 Å². The second-order valence-corrected chi connectivity index (χ2v) is 5.58. The number of carbonyl (C=O) groups excluding carboxylic acids is 2. The summed E-state index contributed by atoms with van der Waals surface area (Å²) in [6.45, 7) is 1.96. The number of nitrogens with two attached hydrogens (primary N) is 1. The minimum absolute atomic E-state index is 0.0130. The van der Waals surface area contributed by atoms with Gasteiger partial charge in [-0.25, -0.2) is 4.99 Å². The van der Waals surface area contributed by atoms with E-state index in [4.69, 9.17) is 11.1 Å². The number of amidine groups is 1. The van der Waals surface area contributed by atoms with Crippen molar-refractivity contribution in [3.05, 3.63) is 29.8 Å². The molecule has 4 N–H and O–H groups in total. The second kappa shape index (κ2) is 5.87. The maximum atomic E-state index is 12.1. The summed E-state index contributed by atoms with van der Waals surface area (Å²) in [5.41, 5.74) is 7.07. The van der Waals surface area contributed by atoms with Crippen LogP contribution in [0.15, 0.2) is 29.3 Å². The number of nitrogens with one attached hydrogen (secondary N) is 2. The predicted molar refractivity (Wildman–Crippen MR) is 80.2 cm³/mol. The number of aliphatic imine (C=N–C) groups is 1. The van der Waals surface area contributed by atoms with Crippen molar-refractivity contribution in [3.63, 3.8) is 0 Å². The Morgan fingerprint density at radius 1 is 1.45 bits per heavy atom. The molecule has 0 unspecified atom stereocenters. The van der Waals surface area contributed by atoms with Crippen molar-refractivity contribution in [2.75, 3.05) is 5.32 Å². The molecule has 0 aromatic heterocycles. The summed E-state index contributed by atoms with van der Waals surface area (Å²) in [5.74, 6) is -1.02. The van der Waals surface area contributed by atoms with E-state index in [9.17, 15) is 9.59 Å². The van der Waals surface area contributed by atoms with Crippen LogP contribution in [0.2, 0.25) is 0 Å². The fourth-order valence-corrected chi connectivity index (χ4v) is 2.59. The van der Waals surface area contributed by atoms with E-state index in [1.54, 1.807) is 12.1 Å². The predicted octanol–water partition coefficient (Wildman–Crippen LogP) is 1.30. The molecular formula is C13H14N4O2S. The van der Waals surface area contributed by atoms with E-state index < -0.39 is 11.2 Å². The first-order valence-electron chi connectivity index (χ1n) is 5.96. The summed E-state index contributed by atoms with van der Waals surface area (Å²) in [6, 6.07) is 7.36. The van der Waals surface area contributed by atoms with Crippen molar-refractivity contribution in [1.29, 1.82) is 5.41 Å². The Morgan fingerprint density at radius 3 is 2.70 bits per heavy atom. The van der Waals surface area contributed by atoms with Gasteiger partial charge in [-0.2, -0.15) is 0 Å². The third kappa shape index (κ3) is 3.45. The molecule has 2 rings (SSSR count). The molecule has 1 atom stereocenters. The first kappa shape index (κ1) is 14.3. The number of amides is 2. The van der Waals surface area contributed by atoms with E-state index in [0.29, 0.717) is 5.69 Å². The van der Waals surface area contributed by atoms with Gasteiger partial charge in [-0.05, 0) is 19.1 Å². The summed E-state index contributed by atoms with van der Waals surface area (Å²) in [4.78, 5) is 27.2. The average Bonchev–Trinajstić information content (AvgIpc) is 2.40. The fraction of sp³-hybridized carbons (Fsp3) is 0.231. The number of aryl methyl sites for hydroxylation is 1. The molecule has 7 heteroatoms. The van der Waals surface area contributed by atoms with Gasteiger partial charge >= 0.3 is 0 Å². The second-order valence-electron chi connectivity index (χ2n) is 4.39. The first-order chi connectivity index (χ1) is 9.45. The summed E-state index contributed by atoms with van der Waals surface area (Å²) in [7, 11) is 0. The minimum atomic E-state index is -0.611. The molecule has 20 heavy (non-hydrogen) atoms. The molecule has 0 saturated carbocycles. The molecule has 104 valence electrons. The van der Waals surface area contributed by atoms with Gasteiger partial charge in [0.05, 0.1) is 11.7 Å². The van der Waals surface area contributed by atoms with Gasteiger partial charge in [0.15, 0.2) is 0 Å². The highest BCUT2D eigenvalue weighted by atomic mass is 32.2. The van der Waals surface area contributed by atoms with Crippen LogP contribution in [0, 0.1) is 12.3 Å². The molecule has 1 aliphatic rings. The van der Waals surface area contributed by atoms with Crippen molar-refractivity contribution in [1.82, 2.24) is 0 Å². The highest BCUT2D eigenvalue weighted by Crippen LogP contribution is 2.24. The Labute approximate surface area is 120 Å². The summed E-state index contributed by atoms with van der Waals surface area (Å²) < 4.78 is 0. The van der Waals surface area contributed by atoms with Crippen LogP contribution in [0.25, 0.3) is 0 Å². The maximum absolute atomic E-state index is 12.1. The van der Waals surface area contributed by atoms with Gasteiger partial charge in [-0.1, -0.05) is 29.5 Å². The van der Waals surface area contributed by atoms with E-state index >= 15 is 0 Å². The van der Waals surface area contributed by atoms with Crippen LogP contribution in [-0.2, 0) is 9.59 Å². The molecule has 6 nitrogen and oxygen atoms in total. The van der Waals surface area contributed by atoms with Crippen molar-refractivity contribution in [2.24, 2.45) is 10.7 Å². The normalized spacial score (nSPS) is 18.4. The lowest BCUT2D eigenvalue weighted by Gasteiger charge is -2.19. The first-order valence-corrected chi connectivity index (χ1v) is 6.84. The molecule has 1 heterocycles. The van der Waals surface area contributed by atoms with Crippen LogP contribution in [0.5, 0.6) is 0 Å². The van der Waals surface area contributed by atoms with Gasteiger partial charge in [0, 0.05) is 5.69 Å². The lowest BCUT2D eigenvalue weighted by Crippen LogP contribution is -2.34. The largest absolute Gasteiger partial charge is 0.382 e. The Kier molecular flexibility index (Phi) is 4.19. The van der Waals surface area contributed by atoms with Crippen LogP contribution in [0.4, 0.5) is 5.69 Å². The Hall–Kier alpha value is -2.15. The lowest BCUT2D eigenvalue weighted by molar-refractivity contribution is -0.121. The number of anilines is 1. The fourth-order valence-electron chi connectivity index (χ4n) is 1.65. The number of rotatable bonds is 3. The van der Waals surface area contributed by atoms with Crippen LogP contribution in [0.1, 0.15) is 12.0 Å². The number of thioether (sulfide) groups is 1. The summed E-state index contributed by atoms with van der Waals surface area (Å²) in [6.07, 6.45) is 0.0130. The van der Waals surface area contributed by atoms with E-state index in [1.807, 2.05) is 19.1 Å². The molecular weight excluding hydrogens is 276 g/mol. The Balaban J connectivity index is 2.06. The Morgan fingerprint density at radius 2 is 2.10 bits per heavy atom. The minimum Gasteiger partial charge on any atom is -0.382 e. The zero-order valence-corrected chi connectivity index (χ0v) is 11.7. The van der Waals surface area contributed by atoms with Crippen molar-refractivity contribution < 1.29 is 9.59 Å². The molecule has 1 aromatic rings. The molecule has 2 amide bonds. The molecule has 0 fully saturated rings. The highest BCUT2D eigenvalue weighted by Gasteiger charge is 2.30. The van der Waals surface area contributed by atoms with Crippen LogP contribution in [-0.4, -0.2) is 27.9 Å². The monoisotopic (exact) mass is 290 g/mol. The molecule has 1 aromatic carbocycles. The van der Waals surface area contributed by atoms with Gasteiger partial charge < -0.3 is 11.1 Å². The molecule has 1 aliphatic heterocycles.